The van der Waals surface area contributed by atoms with Crippen LogP contribution in [0.3, 0.4) is 0 Å². The minimum absolute atomic E-state index is 1.06. The van der Waals surface area contributed by atoms with Crippen LogP contribution in [0.1, 0.15) is 11.1 Å². The Kier molecular flexibility index (Phi) is 5.53. The summed E-state index contributed by atoms with van der Waals surface area (Å²) in [6.45, 7) is 0. The Hall–Kier alpha value is -0.860. The van der Waals surface area contributed by atoms with Crippen molar-refractivity contribution in [2.75, 3.05) is 0 Å². The Bertz CT molecular complexity index is 370. The van der Waals surface area contributed by atoms with Crippen LogP contribution in [0.5, 0.6) is 0 Å². The van der Waals surface area contributed by atoms with Crippen LogP contribution in [0.15, 0.2) is 60.7 Å². The van der Waals surface area contributed by atoms with E-state index >= 15 is 0 Å². The summed E-state index contributed by atoms with van der Waals surface area (Å²) in [4.78, 5) is 0. The fourth-order valence-corrected chi connectivity index (χ4v) is 3.16. The summed E-state index contributed by atoms with van der Waals surface area (Å²) in [6, 6.07) is 21.2. The van der Waals surface area contributed by atoms with Gasteiger partial charge in [-0.25, -0.2) is 0 Å². The van der Waals surface area contributed by atoms with Gasteiger partial charge in [0.2, 0.25) is 0 Å². The van der Waals surface area contributed by atoms with Crippen LogP contribution >= 0.6 is 23.5 Å². The second kappa shape index (κ2) is 7.46. The van der Waals surface area contributed by atoms with Gasteiger partial charge in [-0.1, -0.05) is 60.7 Å². The lowest BCUT2D eigenvalue weighted by molar-refractivity contribution is 1.42. The molecule has 0 amide bonds. The Morgan fingerprint density at radius 3 is 1.47 bits per heavy atom. The first-order chi connectivity index (χ1) is 8.45. The van der Waals surface area contributed by atoms with Gasteiger partial charge in [0.1, 0.15) is 0 Å². The summed E-state index contributed by atoms with van der Waals surface area (Å²) in [5, 5.41) is 2.24. The third-order valence-electron chi connectivity index (χ3n) is 2.32. The zero-order chi connectivity index (χ0) is 11.8. The predicted molar refractivity (Wildman–Crippen MR) is 79.8 cm³/mol. The minimum Gasteiger partial charge on any atom is -0.141 e. The van der Waals surface area contributed by atoms with E-state index in [2.05, 4.69) is 65.7 Å². The molecule has 2 rings (SSSR count). The Morgan fingerprint density at radius 2 is 1.06 bits per heavy atom. The third-order valence-corrected chi connectivity index (χ3v) is 4.41. The quantitative estimate of drug-likeness (QED) is 0.672. The zero-order valence-corrected chi connectivity index (χ0v) is 11.2. The van der Waals surface area contributed by atoms with E-state index in [1.807, 2.05) is 23.5 Å². The fraction of sp³-hybridized carbons (Fsp3) is 0.133. The first-order valence-corrected chi connectivity index (χ1v) is 7.67. The first kappa shape index (κ1) is 12.6. The second-order valence-corrected chi connectivity index (χ2v) is 5.70. The van der Waals surface area contributed by atoms with Gasteiger partial charge in [-0.05, 0) is 11.1 Å². The molecule has 0 unspecified atom stereocenters. The molecule has 2 aromatic rings. The number of rotatable bonds is 6. The lowest BCUT2D eigenvalue weighted by atomic mass is 10.2. The maximum absolute atomic E-state index is 2.24. The van der Waals surface area contributed by atoms with Crippen LogP contribution in [-0.2, 0) is 11.5 Å². The van der Waals surface area contributed by atoms with Crippen LogP contribution < -0.4 is 0 Å². The molecule has 0 bridgehead atoms. The van der Waals surface area contributed by atoms with Crippen molar-refractivity contribution in [3.05, 3.63) is 76.9 Å². The highest BCUT2D eigenvalue weighted by atomic mass is 32.2. The largest absolute Gasteiger partial charge is 0.141 e. The molecule has 0 heterocycles. The van der Waals surface area contributed by atoms with Gasteiger partial charge >= 0.3 is 0 Å². The number of benzene rings is 2. The van der Waals surface area contributed by atoms with Gasteiger partial charge in [-0.3, -0.25) is 0 Å². The minimum atomic E-state index is 1.06. The van der Waals surface area contributed by atoms with Crippen molar-refractivity contribution in [1.29, 1.82) is 0 Å². The summed E-state index contributed by atoms with van der Waals surface area (Å²) in [6.07, 6.45) is 0. The zero-order valence-electron chi connectivity index (χ0n) is 9.58. The van der Waals surface area contributed by atoms with E-state index < -0.39 is 0 Å². The molecule has 0 aliphatic carbocycles. The Balaban J connectivity index is 1.61. The lowest BCUT2D eigenvalue weighted by Crippen LogP contribution is -1.79. The molecule has 2 aromatic carbocycles. The average molecular weight is 259 g/mol. The van der Waals surface area contributed by atoms with E-state index in [-0.39, 0.29) is 0 Å². The van der Waals surface area contributed by atoms with Gasteiger partial charge < -0.3 is 0 Å². The van der Waals surface area contributed by atoms with Crippen LogP contribution in [0, 0.1) is 5.08 Å². The Labute approximate surface area is 112 Å². The van der Waals surface area contributed by atoms with E-state index in [0.29, 0.717) is 0 Å². The van der Waals surface area contributed by atoms with Crippen LogP contribution in [-0.4, -0.2) is 0 Å². The molecule has 87 valence electrons. The van der Waals surface area contributed by atoms with Gasteiger partial charge in [-0.2, -0.15) is 0 Å². The highest BCUT2D eigenvalue weighted by molar-refractivity contribution is 8.18. The normalized spacial score (nSPS) is 10.4. The summed E-state index contributed by atoms with van der Waals surface area (Å²) in [7, 11) is 0. The van der Waals surface area contributed by atoms with E-state index in [1.54, 1.807) is 0 Å². The molecule has 0 N–H and O–H groups in total. The van der Waals surface area contributed by atoms with Gasteiger partial charge in [0.05, 0.1) is 5.08 Å². The molecular formula is C15H15S2. The molecule has 0 fully saturated rings. The van der Waals surface area contributed by atoms with Crippen molar-refractivity contribution in [3.63, 3.8) is 0 Å². The standard InChI is InChI=1S/C15H15S2/c1-3-7-14(8-4-1)11-16-13-17-12-15-9-5-2-6-10-15/h1-10,13H,11-12H2. The molecule has 0 saturated heterocycles. The monoisotopic (exact) mass is 259 g/mol. The summed E-state index contributed by atoms with van der Waals surface area (Å²) in [5.41, 5.74) is 2.77. The molecule has 0 aliphatic heterocycles. The van der Waals surface area contributed by atoms with Gasteiger partial charge in [0.25, 0.3) is 0 Å². The summed E-state index contributed by atoms with van der Waals surface area (Å²) >= 11 is 3.73. The molecule has 0 spiro atoms. The smallest absolute Gasteiger partial charge is 0.0719 e. The fourth-order valence-electron chi connectivity index (χ4n) is 1.46. The van der Waals surface area contributed by atoms with Crippen molar-refractivity contribution >= 4 is 23.5 Å². The van der Waals surface area contributed by atoms with Crippen molar-refractivity contribution in [3.8, 4) is 0 Å². The summed E-state index contributed by atoms with van der Waals surface area (Å²) in [5.74, 6) is 2.12. The van der Waals surface area contributed by atoms with Crippen molar-refractivity contribution < 1.29 is 0 Å². The van der Waals surface area contributed by atoms with Crippen molar-refractivity contribution in [2.45, 2.75) is 11.5 Å². The summed E-state index contributed by atoms with van der Waals surface area (Å²) < 4.78 is 0. The highest BCUT2D eigenvalue weighted by Gasteiger charge is 1.95. The molecule has 2 heteroatoms. The van der Waals surface area contributed by atoms with Crippen molar-refractivity contribution in [1.82, 2.24) is 0 Å². The van der Waals surface area contributed by atoms with E-state index in [9.17, 15) is 0 Å². The number of hydrogen-bond donors (Lipinski definition) is 0. The lowest BCUT2D eigenvalue weighted by Gasteiger charge is -2.02. The Morgan fingerprint density at radius 1 is 0.647 bits per heavy atom. The molecule has 0 nitrogen and oxygen atoms in total. The van der Waals surface area contributed by atoms with Gasteiger partial charge in [0, 0.05) is 11.5 Å². The first-order valence-electron chi connectivity index (χ1n) is 5.58. The topological polar surface area (TPSA) is 0 Å². The maximum atomic E-state index is 2.24. The molecule has 0 aromatic heterocycles. The highest BCUT2D eigenvalue weighted by Crippen LogP contribution is 2.25. The molecule has 0 atom stereocenters. The van der Waals surface area contributed by atoms with Gasteiger partial charge in [-0.15, -0.1) is 23.5 Å². The molecule has 0 saturated carbocycles. The molecule has 1 radical (unpaired) electrons. The third kappa shape index (κ3) is 4.88. The van der Waals surface area contributed by atoms with Crippen LogP contribution in [0.4, 0.5) is 0 Å². The SMILES string of the molecule is [CH](SCc1ccccc1)SCc1ccccc1. The molecular weight excluding hydrogens is 244 g/mol. The molecule has 0 aliphatic rings. The van der Waals surface area contributed by atoms with Gasteiger partial charge in [0.15, 0.2) is 0 Å². The molecule has 17 heavy (non-hydrogen) atoms. The van der Waals surface area contributed by atoms with E-state index in [0.717, 1.165) is 11.5 Å². The van der Waals surface area contributed by atoms with E-state index in [1.165, 1.54) is 11.1 Å². The predicted octanol–water partition coefficient (Wildman–Crippen LogP) is 4.97. The van der Waals surface area contributed by atoms with Crippen LogP contribution in [0.25, 0.3) is 0 Å². The van der Waals surface area contributed by atoms with Crippen LogP contribution in [0.2, 0.25) is 0 Å². The number of hydrogen-bond acceptors (Lipinski definition) is 2. The number of thioether (sulfide) groups is 2. The second-order valence-electron chi connectivity index (χ2n) is 3.69. The average Bonchev–Trinajstić information content (AvgIpc) is 2.41. The maximum Gasteiger partial charge on any atom is 0.0719 e. The van der Waals surface area contributed by atoms with Crippen molar-refractivity contribution in [2.24, 2.45) is 0 Å². The van der Waals surface area contributed by atoms with E-state index in [4.69, 9.17) is 0 Å².